The molecule has 1 atom stereocenters. The molecule has 0 saturated carbocycles. The Morgan fingerprint density at radius 1 is 1.22 bits per heavy atom. The molecular formula is C10H17N3O5. The van der Waals surface area contributed by atoms with Crippen LogP contribution >= 0.6 is 0 Å². The van der Waals surface area contributed by atoms with E-state index in [1.165, 1.54) is 0 Å². The van der Waals surface area contributed by atoms with Gasteiger partial charge in [0, 0.05) is 6.61 Å². The number of carboxylic acids is 1. The molecule has 0 bridgehead atoms. The number of nitrogens with one attached hydrogen (secondary N) is 3. The van der Waals surface area contributed by atoms with Crippen LogP contribution in [-0.2, 0) is 14.3 Å². The van der Waals surface area contributed by atoms with Crippen LogP contribution in [0, 0.1) is 0 Å². The second-order valence-electron chi connectivity index (χ2n) is 3.91. The summed E-state index contributed by atoms with van der Waals surface area (Å²) in [5.41, 5.74) is 0. The lowest BCUT2D eigenvalue weighted by molar-refractivity contribution is -0.137. The first kappa shape index (κ1) is 14.2. The summed E-state index contributed by atoms with van der Waals surface area (Å²) in [5, 5.41) is 15.5. The first-order chi connectivity index (χ1) is 8.58. The molecule has 0 aromatic heterocycles. The monoisotopic (exact) mass is 259 g/mol. The quantitative estimate of drug-likeness (QED) is 0.488. The Kier molecular flexibility index (Phi) is 5.92. The lowest BCUT2D eigenvalue weighted by atomic mass is 10.1. The second kappa shape index (κ2) is 7.49. The number of ether oxygens (including phenoxy) is 1. The number of rotatable bonds is 5. The molecule has 1 rings (SSSR count). The Hall–Kier alpha value is -1.83. The third kappa shape index (κ3) is 6.04. The summed E-state index contributed by atoms with van der Waals surface area (Å²) in [4.78, 5) is 32.7. The van der Waals surface area contributed by atoms with Crippen molar-refractivity contribution in [2.24, 2.45) is 0 Å². The van der Waals surface area contributed by atoms with Gasteiger partial charge >= 0.3 is 12.0 Å². The summed E-state index contributed by atoms with van der Waals surface area (Å²) < 4.78 is 5.19. The molecule has 1 aliphatic rings. The van der Waals surface area contributed by atoms with Crippen LogP contribution in [0.4, 0.5) is 4.79 Å². The molecule has 3 amide bonds. The smallest absolute Gasteiger partial charge is 0.322 e. The Balaban J connectivity index is 2.12. The zero-order chi connectivity index (χ0) is 13.4. The fourth-order valence-electron chi connectivity index (χ4n) is 1.49. The van der Waals surface area contributed by atoms with Crippen molar-refractivity contribution >= 4 is 17.9 Å². The van der Waals surface area contributed by atoms with Gasteiger partial charge in [-0.25, -0.2) is 4.79 Å². The number of aliphatic carboxylic acids is 1. The number of carboxylic acid groups (broad SMARTS) is 1. The van der Waals surface area contributed by atoms with E-state index in [1.807, 2.05) is 0 Å². The number of urea groups is 1. The second-order valence-corrected chi connectivity index (χ2v) is 3.91. The molecule has 0 radical (unpaired) electrons. The van der Waals surface area contributed by atoms with Crippen molar-refractivity contribution < 1.29 is 24.2 Å². The highest BCUT2D eigenvalue weighted by atomic mass is 16.5. The van der Waals surface area contributed by atoms with Crippen LogP contribution < -0.4 is 16.0 Å². The number of hydrogen-bond acceptors (Lipinski definition) is 4. The van der Waals surface area contributed by atoms with Crippen molar-refractivity contribution in [3.63, 3.8) is 0 Å². The van der Waals surface area contributed by atoms with Crippen molar-refractivity contribution in [3.8, 4) is 0 Å². The SMILES string of the molecule is O=C(O)CNC(=O)CNC(=O)NC1CCCOC1. The summed E-state index contributed by atoms with van der Waals surface area (Å²) >= 11 is 0. The minimum atomic E-state index is -1.13. The van der Waals surface area contributed by atoms with Gasteiger partial charge in [0.2, 0.25) is 5.91 Å². The molecule has 8 nitrogen and oxygen atoms in total. The summed E-state index contributed by atoms with van der Waals surface area (Å²) in [7, 11) is 0. The Morgan fingerprint density at radius 3 is 2.61 bits per heavy atom. The van der Waals surface area contributed by atoms with Crippen LogP contribution in [0.25, 0.3) is 0 Å². The van der Waals surface area contributed by atoms with Gasteiger partial charge in [0.25, 0.3) is 0 Å². The first-order valence-corrected chi connectivity index (χ1v) is 5.68. The van der Waals surface area contributed by atoms with E-state index in [0.29, 0.717) is 13.2 Å². The Bertz CT molecular complexity index is 315. The van der Waals surface area contributed by atoms with E-state index in [0.717, 1.165) is 12.8 Å². The number of amides is 3. The first-order valence-electron chi connectivity index (χ1n) is 5.68. The molecule has 102 valence electrons. The Labute approximate surface area is 104 Å². The van der Waals surface area contributed by atoms with Crippen molar-refractivity contribution in [3.05, 3.63) is 0 Å². The predicted octanol–water partition coefficient (Wildman–Crippen LogP) is -1.33. The Morgan fingerprint density at radius 2 is 2.00 bits per heavy atom. The van der Waals surface area contributed by atoms with E-state index in [4.69, 9.17) is 9.84 Å². The molecule has 0 aromatic rings. The van der Waals surface area contributed by atoms with Crippen LogP contribution in [0.15, 0.2) is 0 Å². The molecule has 0 aliphatic carbocycles. The summed E-state index contributed by atoms with van der Waals surface area (Å²) in [6.45, 7) is 0.460. The van der Waals surface area contributed by atoms with Crippen LogP contribution in [0.2, 0.25) is 0 Å². The highest BCUT2D eigenvalue weighted by Crippen LogP contribution is 2.04. The molecule has 1 aliphatic heterocycles. The van der Waals surface area contributed by atoms with Crippen LogP contribution in [0.1, 0.15) is 12.8 Å². The zero-order valence-corrected chi connectivity index (χ0v) is 9.90. The normalized spacial score (nSPS) is 18.8. The molecule has 4 N–H and O–H groups in total. The van der Waals surface area contributed by atoms with E-state index in [-0.39, 0.29) is 12.6 Å². The number of carbonyl (C=O) groups excluding carboxylic acids is 2. The molecule has 18 heavy (non-hydrogen) atoms. The predicted molar refractivity (Wildman–Crippen MR) is 61.0 cm³/mol. The van der Waals surface area contributed by atoms with Crippen molar-refractivity contribution in [2.45, 2.75) is 18.9 Å². The third-order valence-corrected chi connectivity index (χ3v) is 2.34. The van der Waals surface area contributed by atoms with Gasteiger partial charge in [-0.15, -0.1) is 0 Å². The minimum Gasteiger partial charge on any atom is -0.480 e. The van der Waals surface area contributed by atoms with Crippen LogP contribution in [0.3, 0.4) is 0 Å². The van der Waals surface area contributed by atoms with Gasteiger partial charge in [-0.3, -0.25) is 9.59 Å². The van der Waals surface area contributed by atoms with Gasteiger partial charge < -0.3 is 25.8 Å². The lowest BCUT2D eigenvalue weighted by Crippen LogP contribution is -2.48. The van der Waals surface area contributed by atoms with Gasteiger partial charge in [0.05, 0.1) is 19.2 Å². The fourth-order valence-corrected chi connectivity index (χ4v) is 1.49. The van der Waals surface area contributed by atoms with Gasteiger partial charge in [0.15, 0.2) is 0 Å². The molecule has 1 heterocycles. The lowest BCUT2D eigenvalue weighted by Gasteiger charge is -2.23. The zero-order valence-electron chi connectivity index (χ0n) is 9.90. The van der Waals surface area contributed by atoms with Crippen molar-refractivity contribution in [2.75, 3.05) is 26.3 Å². The van der Waals surface area contributed by atoms with Crippen LogP contribution in [0.5, 0.6) is 0 Å². The van der Waals surface area contributed by atoms with Gasteiger partial charge in [-0.2, -0.15) is 0 Å². The number of hydrogen-bond donors (Lipinski definition) is 4. The van der Waals surface area contributed by atoms with E-state index in [2.05, 4.69) is 16.0 Å². The molecule has 8 heteroatoms. The fraction of sp³-hybridized carbons (Fsp3) is 0.700. The summed E-state index contributed by atoms with van der Waals surface area (Å²) in [5.74, 6) is -1.68. The van der Waals surface area contributed by atoms with E-state index in [9.17, 15) is 14.4 Å². The largest absolute Gasteiger partial charge is 0.480 e. The van der Waals surface area contributed by atoms with Gasteiger partial charge in [-0.1, -0.05) is 0 Å². The van der Waals surface area contributed by atoms with E-state index >= 15 is 0 Å². The third-order valence-electron chi connectivity index (χ3n) is 2.34. The van der Waals surface area contributed by atoms with Crippen molar-refractivity contribution in [1.82, 2.24) is 16.0 Å². The molecule has 1 unspecified atom stereocenters. The highest BCUT2D eigenvalue weighted by Gasteiger charge is 2.16. The minimum absolute atomic E-state index is 0.0409. The maximum atomic E-state index is 11.4. The molecular weight excluding hydrogens is 242 g/mol. The number of carbonyl (C=O) groups is 3. The van der Waals surface area contributed by atoms with E-state index in [1.54, 1.807) is 0 Å². The molecule has 1 fully saturated rings. The summed E-state index contributed by atoms with van der Waals surface area (Å²) in [6.07, 6.45) is 1.74. The van der Waals surface area contributed by atoms with Crippen LogP contribution in [-0.4, -0.2) is 55.4 Å². The maximum absolute atomic E-state index is 11.4. The average molecular weight is 259 g/mol. The highest BCUT2D eigenvalue weighted by molar-refractivity contribution is 5.86. The molecule has 0 spiro atoms. The average Bonchev–Trinajstić information content (AvgIpc) is 2.35. The van der Waals surface area contributed by atoms with E-state index < -0.39 is 24.5 Å². The summed E-state index contributed by atoms with van der Waals surface area (Å²) in [6, 6.07) is -0.503. The van der Waals surface area contributed by atoms with Crippen molar-refractivity contribution in [1.29, 1.82) is 0 Å². The molecule has 1 saturated heterocycles. The van der Waals surface area contributed by atoms with Gasteiger partial charge in [0.1, 0.15) is 6.54 Å². The topological polar surface area (TPSA) is 117 Å². The van der Waals surface area contributed by atoms with Gasteiger partial charge in [-0.05, 0) is 12.8 Å². The standard InChI is InChI=1S/C10H17N3O5/c14-8(11-5-9(15)16)4-12-10(17)13-7-2-1-3-18-6-7/h7H,1-6H2,(H,11,14)(H,15,16)(H2,12,13,17). The maximum Gasteiger partial charge on any atom is 0.322 e. The molecule has 0 aromatic carbocycles.